The highest BCUT2D eigenvalue weighted by Gasteiger charge is 2.38. The molecule has 6 heteroatoms. The first-order valence-electron chi connectivity index (χ1n) is 8.96. The molecule has 1 aromatic carbocycles. The van der Waals surface area contributed by atoms with Gasteiger partial charge in [-0.15, -0.1) is 0 Å². The third-order valence-electron chi connectivity index (χ3n) is 4.97. The van der Waals surface area contributed by atoms with E-state index in [2.05, 4.69) is 5.32 Å². The molecule has 2 amide bonds. The number of hydrogen-bond donors (Lipinski definition) is 1. The van der Waals surface area contributed by atoms with Crippen molar-refractivity contribution in [1.29, 1.82) is 0 Å². The molecular weight excluding hydrogens is 320 g/mol. The average molecular weight is 344 g/mol. The standard InChI is InChI=1S/C19H24N2O4/c1-2-25-19(24)15-9-5-6-10-16(15)20-18(23)13-11-17(22)21(12-13)14-7-3-4-8-14/h5-6,9-10,13-14H,2-4,7-8,11-12H2,1H3,(H,20,23)/t13-/m1/s1. The molecular formula is C19H24N2O4. The molecule has 1 aliphatic heterocycles. The lowest BCUT2D eigenvalue weighted by molar-refractivity contribution is -0.129. The molecule has 1 saturated heterocycles. The Hall–Kier alpha value is -2.37. The van der Waals surface area contributed by atoms with E-state index in [0.717, 1.165) is 25.7 Å². The zero-order valence-electron chi connectivity index (χ0n) is 14.5. The molecule has 1 atom stereocenters. The average Bonchev–Trinajstić information content (AvgIpc) is 3.24. The minimum absolute atomic E-state index is 0.0609. The van der Waals surface area contributed by atoms with Gasteiger partial charge in [-0.25, -0.2) is 4.79 Å². The number of carbonyl (C=O) groups excluding carboxylic acids is 3. The highest BCUT2D eigenvalue weighted by Crippen LogP contribution is 2.30. The fourth-order valence-electron chi connectivity index (χ4n) is 3.69. The van der Waals surface area contributed by atoms with Gasteiger partial charge in [0.15, 0.2) is 0 Å². The third kappa shape index (κ3) is 3.83. The van der Waals surface area contributed by atoms with E-state index in [1.807, 2.05) is 4.90 Å². The highest BCUT2D eigenvalue weighted by atomic mass is 16.5. The molecule has 6 nitrogen and oxygen atoms in total. The van der Waals surface area contributed by atoms with E-state index in [0.29, 0.717) is 17.8 Å². The summed E-state index contributed by atoms with van der Waals surface area (Å²) in [7, 11) is 0. The Labute approximate surface area is 147 Å². The summed E-state index contributed by atoms with van der Waals surface area (Å²) in [5.74, 6) is -0.992. The van der Waals surface area contributed by atoms with E-state index in [1.54, 1.807) is 31.2 Å². The van der Waals surface area contributed by atoms with Gasteiger partial charge in [0, 0.05) is 19.0 Å². The monoisotopic (exact) mass is 344 g/mol. The summed E-state index contributed by atoms with van der Waals surface area (Å²) in [6.07, 6.45) is 4.61. The van der Waals surface area contributed by atoms with E-state index < -0.39 is 5.97 Å². The molecule has 1 aliphatic carbocycles. The topological polar surface area (TPSA) is 75.7 Å². The lowest BCUT2D eigenvalue weighted by atomic mass is 10.1. The Morgan fingerprint density at radius 2 is 1.96 bits per heavy atom. The third-order valence-corrected chi connectivity index (χ3v) is 4.97. The second kappa shape index (κ2) is 7.68. The predicted octanol–water partition coefficient (Wildman–Crippen LogP) is 2.59. The van der Waals surface area contributed by atoms with Crippen molar-refractivity contribution in [3.63, 3.8) is 0 Å². The number of amides is 2. The Kier molecular flexibility index (Phi) is 5.36. The summed E-state index contributed by atoms with van der Waals surface area (Å²) in [6.45, 7) is 2.48. The summed E-state index contributed by atoms with van der Waals surface area (Å²) in [4.78, 5) is 38.8. The number of benzene rings is 1. The van der Waals surface area contributed by atoms with Crippen LogP contribution in [0, 0.1) is 5.92 Å². The lowest BCUT2D eigenvalue weighted by Gasteiger charge is -2.24. The van der Waals surface area contributed by atoms with Gasteiger partial charge in [0.2, 0.25) is 11.8 Å². The van der Waals surface area contributed by atoms with Crippen LogP contribution < -0.4 is 5.32 Å². The number of nitrogens with one attached hydrogen (secondary N) is 1. The summed E-state index contributed by atoms with van der Waals surface area (Å²) in [5.41, 5.74) is 0.757. The summed E-state index contributed by atoms with van der Waals surface area (Å²) in [5, 5.41) is 2.80. The van der Waals surface area contributed by atoms with Crippen molar-refractivity contribution in [2.24, 2.45) is 5.92 Å². The fourth-order valence-corrected chi connectivity index (χ4v) is 3.69. The van der Waals surface area contributed by atoms with Crippen LogP contribution in [0.3, 0.4) is 0 Å². The molecule has 134 valence electrons. The Balaban J connectivity index is 1.67. The lowest BCUT2D eigenvalue weighted by Crippen LogP contribution is -2.35. The van der Waals surface area contributed by atoms with Gasteiger partial charge < -0.3 is 15.0 Å². The number of rotatable bonds is 5. The Morgan fingerprint density at radius 1 is 1.24 bits per heavy atom. The van der Waals surface area contributed by atoms with Crippen molar-refractivity contribution >= 4 is 23.5 Å². The van der Waals surface area contributed by atoms with Crippen LogP contribution in [0.5, 0.6) is 0 Å². The van der Waals surface area contributed by atoms with Crippen LogP contribution in [0.1, 0.15) is 49.4 Å². The normalized spacial score (nSPS) is 20.8. The molecule has 1 saturated carbocycles. The van der Waals surface area contributed by atoms with Crippen molar-refractivity contribution in [3.05, 3.63) is 29.8 Å². The van der Waals surface area contributed by atoms with Gasteiger partial charge >= 0.3 is 5.97 Å². The summed E-state index contributed by atoms with van der Waals surface area (Å²) < 4.78 is 5.02. The number of carbonyl (C=O) groups is 3. The molecule has 25 heavy (non-hydrogen) atoms. The van der Waals surface area contributed by atoms with Gasteiger partial charge in [0.25, 0.3) is 0 Å². The van der Waals surface area contributed by atoms with E-state index in [1.165, 1.54) is 0 Å². The van der Waals surface area contributed by atoms with Crippen LogP contribution in [0.25, 0.3) is 0 Å². The van der Waals surface area contributed by atoms with Crippen molar-refractivity contribution in [2.45, 2.75) is 45.1 Å². The quantitative estimate of drug-likeness (QED) is 0.833. The number of esters is 1. The van der Waals surface area contributed by atoms with Gasteiger partial charge in [-0.1, -0.05) is 25.0 Å². The summed E-state index contributed by atoms with van der Waals surface area (Å²) in [6, 6.07) is 7.07. The number of anilines is 1. The molecule has 2 aliphatic rings. The van der Waals surface area contributed by atoms with Crippen LogP contribution in [-0.4, -0.2) is 41.9 Å². The predicted molar refractivity (Wildman–Crippen MR) is 93.1 cm³/mol. The van der Waals surface area contributed by atoms with Crippen molar-refractivity contribution in [3.8, 4) is 0 Å². The van der Waals surface area contributed by atoms with Crippen molar-refractivity contribution < 1.29 is 19.1 Å². The SMILES string of the molecule is CCOC(=O)c1ccccc1NC(=O)[C@@H]1CC(=O)N(C2CCCC2)C1. The highest BCUT2D eigenvalue weighted by molar-refractivity contribution is 6.03. The molecule has 3 rings (SSSR count). The molecule has 0 spiro atoms. The molecule has 1 aromatic rings. The van der Waals surface area contributed by atoms with Gasteiger partial charge in [-0.2, -0.15) is 0 Å². The van der Waals surface area contributed by atoms with Crippen LogP contribution >= 0.6 is 0 Å². The first kappa shape index (κ1) is 17.5. The molecule has 0 bridgehead atoms. The van der Waals surface area contributed by atoms with Gasteiger partial charge in [-0.3, -0.25) is 9.59 Å². The molecule has 0 unspecified atom stereocenters. The first-order valence-corrected chi connectivity index (χ1v) is 8.96. The van der Waals surface area contributed by atoms with Gasteiger partial charge in [0.1, 0.15) is 0 Å². The number of hydrogen-bond acceptors (Lipinski definition) is 4. The fraction of sp³-hybridized carbons (Fsp3) is 0.526. The van der Waals surface area contributed by atoms with E-state index in [-0.39, 0.29) is 36.8 Å². The van der Waals surface area contributed by atoms with Crippen LogP contribution in [0.2, 0.25) is 0 Å². The van der Waals surface area contributed by atoms with E-state index in [9.17, 15) is 14.4 Å². The van der Waals surface area contributed by atoms with Crippen LogP contribution in [0.4, 0.5) is 5.69 Å². The minimum Gasteiger partial charge on any atom is -0.462 e. The van der Waals surface area contributed by atoms with Gasteiger partial charge in [0.05, 0.1) is 23.8 Å². The molecule has 1 N–H and O–H groups in total. The maximum Gasteiger partial charge on any atom is 0.340 e. The second-order valence-electron chi connectivity index (χ2n) is 6.64. The first-order chi connectivity index (χ1) is 12.1. The molecule has 1 heterocycles. The van der Waals surface area contributed by atoms with Gasteiger partial charge in [-0.05, 0) is 31.9 Å². The Morgan fingerprint density at radius 3 is 2.68 bits per heavy atom. The molecule has 2 fully saturated rings. The maximum absolute atomic E-state index is 12.6. The van der Waals surface area contributed by atoms with Crippen molar-refractivity contribution in [1.82, 2.24) is 4.90 Å². The molecule has 0 radical (unpaired) electrons. The smallest absolute Gasteiger partial charge is 0.340 e. The van der Waals surface area contributed by atoms with Crippen molar-refractivity contribution in [2.75, 3.05) is 18.5 Å². The number of ether oxygens (including phenoxy) is 1. The zero-order chi connectivity index (χ0) is 17.8. The summed E-state index contributed by atoms with van der Waals surface area (Å²) >= 11 is 0. The maximum atomic E-state index is 12.6. The number of likely N-dealkylation sites (tertiary alicyclic amines) is 1. The molecule has 0 aromatic heterocycles. The number of para-hydroxylation sites is 1. The zero-order valence-corrected chi connectivity index (χ0v) is 14.5. The van der Waals surface area contributed by atoms with Crippen LogP contribution in [0.15, 0.2) is 24.3 Å². The number of nitrogens with zero attached hydrogens (tertiary/aromatic N) is 1. The Bertz CT molecular complexity index is 667. The van der Waals surface area contributed by atoms with E-state index >= 15 is 0 Å². The van der Waals surface area contributed by atoms with E-state index in [4.69, 9.17) is 4.74 Å². The second-order valence-corrected chi connectivity index (χ2v) is 6.64. The largest absolute Gasteiger partial charge is 0.462 e. The minimum atomic E-state index is -0.464. The van der Waals surface area contributed by atoms with Crippen LogP contribution in [-0.2, 0) is 14.3 Å².